The summed E-state index contributed by atoms with van der Waals surface area (Å²) < 4.78 is 5.36. The molecule has 1 amide bonds. The average molecular weight is 303 g/mol. The molecule has 1 saturated carbocycles. The predicted octanol–water partition coefficient (Wildman–Crippen LogP) is 1.46. The molecule has 5 nitrogen and oxygen atoms in total. The average Bonchev–Trinajstić information content (AvgIpc) is 3.35. The second-order valence-electron chi connectivity index (χ2n) is 6.21. The third kappa shape index (κ3) is 5.09. The van der Waals surface area contributed by atoms with Gasteiger partial charge in [-0.2, -0.15) is 0 Å². The fourth-order valence-corrected chi connectivity index (χ4v) is 2.63. The van der Waals surface area contributed by atoms with E-state index >= 15 is 0 Å². The number of hydrogen-bond acceptors (Lipinski definition) is 4. The Bertz CT molecular complexity index is 479. The second-order valence-corrected chi connectivity index (χ2v) is 6.21. The summed E-state index contributed by atoms with van der Waals surface area (Å²) in [4.78, 5) is 14.2. The van der Waals surface area contributed by atoms with Crippen LogP contribution in [0, 0.1) is 5.92 Å². The summed E-state index contributed by atoms with van der Waals surface area (Å²) >= 11 is 0. The van der Waals surface area contributed by atoms with Gasteiger partial charge in [-0.05, 0) is 43.0 Å². The first-order valence-electron chi connectivity index (χ1n) is 8.19. The third-order valence-electron chi connectivity index (χ3n) is 4.16. The van der Waals surface area contributed by atoms with Crippen LogP contribution < -0.4 is 10.6 Å². The van der Waals surface area contributed by atoms with Crippen molar-refractivity contribution in [2.45, 2.75) is 19.4 Å². The summed E-state index contributed by atoms with van der Waals surface area (Å²) in [6.45, 7) is 5.93. The standard InChI is InChI=1S/C17H25N3O2/c21-17(12-18-11-14-1-2-14)19-16-5-3-15(4-6-16)13-20-7-9-22-10-8-20/h3-6,14,18H,1-2,7-13H2,(H,19,21). The van der Waals surface area contributed by atoms with Crippen LogP contribution in [0.5, 0.6) is 0 Å². The van der Waals surface area contributed by atoms with Crippen molar-refractivity contribution in [1.29, 1.82) is 0 Å². The summed E-state index contributed by atoms with van der Waals surface area (Å²) in [5, 5.41) is 6.13. The van der Waals surface area contributed by atoms with Gasteiger partial charge in [0.1, 0.15) is 0 Å². The van der Waals surface area contributed by atoms with Crippen LogP contribution in [0.4, 0.5) is 5.69 Å². The van der Waals surface area contributed by atoms with E-state index in [1.54, 1.807) is 0 Å². The van der Waals surface area contributed by atoms with Crippen molar-refractivity contribution in [3.8, 4) is 0 Å². The van der Waals surface area contributed by atoms with Gasteiger partial charge in [0.15, 0.2) is 0 Å². The monoisotopic (exact) mass is 303 g/mol. The molecule has 2 fully saturated rings. The lowest BCUT2D eigenvalue weighted by Gasteiger charge is -2.26. The molecule has 0 atom stereocenters. The van der Waals surface area contributed by atoms with Crippen LogP contribution in [0.1, 0.15) is 18.4 Å². The van der Waals surface area contributed by atoms with E-state index in [-0.39, 0.29) is 5.91 Å². The molecule has 0 unspecified atom stereocenters. The number of rotatable bonds is 7. The number of morpholine rings is 1. The molecule has 1 aromatic carbocycles. The molecular formula is C17H25N3O2. The minimum atomic E-state index is 0.0292. The molecule has 1 saturated heterocycles. The molecule has 1 heterocycles. The second kappa shape index (κ2) is 7.72. The normalized spacial score (nSPS) is 19.1. The van der Waals surface area contributed by atoms with E-state index in [0.717, 1.165) is 51.0 Å². The lowest BCUT2D eigenvalue weighted by molar-refractivity contribution is -0.115. The van der Waals surface area contributed by atoms with Crippen molar-refractivity contribution in [2.75, 3.05) is 44.7 Å². The zero-order valence-electron chi connectivity index (χ0n) is 13.0. The lowest BCUT2D eigenvalue weighted by atomic mass is 10.2. The van der Waals surface area contributed by atoms with Gasteiger partial charge in [-0.15, -0.1) is 0 Å². The van der Waals surface area contributed by atoms with Gasteiger partial charge in [-0.3, -0.25) is 9.69 Å². The van der Waals surface area contributed by atoms with E-state index in [0.29, 0.717) is 6.54 Å². The zero-order chi connectivity index (χ0) is 15.2. The van der Waals surface area contributed by atoms with Crippen LogP contribution in [0.2, 0.25) is 0 Å². The van der Waals surface area contributed by atoms with Crippen LogP contribution in [0.3, 0.4) is 0 Å². The van der Waals surface area contributed by atoms with Crippen LogP contribution in [0.25, 0.3) is 0 Å². The van der Waals surface area contributed by atoms with Gasteiger partial charge in [0.05, 0.1) is 19.8 Å². The van der Waals surface area contributed by atoms with Crippen LogP contribution in [0.15, 0.2) is 24.3 Å². The van der Waals surface area contributed by atoms with Gasteiger partial charge in [0.2, 0.25) is 5.91 Å². The first-order chi connectivity index (χ1) is 10.8. The number of carbonyl (C=O) groups is 1. The highest BCUT2D eigenvalue weighted by molar-refractivity contribution is 5.92. The summed E-state index contributed by atoms with van der Waals surface area (Å²) in [7, 11) is 0. The highest BCUT2D eigenvalue weighted by Gasteiger charge is 2.20. The molecule has 5 heteroatoms. The topological polar surface area (TPSA) is 53.6 Å². The Balaban J connectivity index is 1.40. The quantitative estimate of drug-likeness (QED) is 0.801. The maximum absolute atomic E-state index is 11.8. The molecule has 0 radical (unpaired) electrons. The first-order valence-corrected chi connectivity index (χ1v) is 8.19. The summed E-state index contributed by atoms with van der Waals surface area (Å²) in [6, 6.07) is 8.13. The van der Waals surface area contributed by atoms with Crippen LogP contribution in [-0.2, 0) is 16.1 Å². The molecule has 2 N–H and O–H groups in total. The molecule has 0 bridgehead atoms. The van der Waals surface area contributed by atoms with E-state index in [2.05, 4.69) is 27.7 Å². The fraction of sp³-hybridized carbons (Fsp3) is 0.588. The van der Waals surface area contributed by atoms with Crippen molar-refractivity contribution < 1.29 is 9.53 Å². The SMILES string of the molecule is O=C(CNCC1CC1)Nc1ccc(CN2CCOCC2)cc1. The van der Waals surface area contributed by atoms with E-state index in [1.807, 2.05) is 12.1 Å². The van der Waals surface area contributed by atoms with Gasteiger partial charge < -0.3 is 15.4 Å². The Morgan fingerprint density at radius 2 is 1.91 bits per heavy atom. The Morgan fingerprint density at radius 1 is 1.18 bits per heavy atom. The maximum Gasteiger partial charge on any atom is 0.238 e. The van der Waals surface area contributed by atoms with Crippen molar-refractivity contribution in [2.24, 2.45) is 5.92 Å². The minimum absolute atomic E-state index is 0.0292. The highest BCUT2D eigenvalue weighted by atomic mass is 16.5. The van der Waals surface area contributed by atoms with Crippen LogP contribution >= 0.6 is 0 Å². The number of benzene rings is 1. The number of ether oxygens (including phenoxy) is 1. The number of nitrogens with one attached hydrogen (secondary N) is 2. The van der Waals surface area contributed by atoms with Gasteiger partial charge in [-0.25, -0.2) is 0 Å². The third-order valence-corrected chi connectivity index (χ3v) is 4.16. The molecule has 0 spiro atoms. The number of nitrogens with zero attached hydrogens (tertiary/aromatic N) is 1. The van der Waals surface area contributed by atoms with E-state index < -0.39 is 0 Å². The van der Waals surface area contributed by atoms with Crippen molar-refractivity contribution in [1.82, 2.24) is 10.2 Å². The van der Waals surface area contributed by atoms with Gasteiger partial charge >= 0.3 is 0 Å². The molecule has 22 heavy (non-hydrogen) atoms. The molecule has 1 aliphatic heterocycles. The van der Waals surface area contributed by atoms with Crippen molar-refractivity contribution in [3.05, 3.63) is 29.8 Å². The van der Waals surface area contributed by atoms with Gasteiger partial charge in [0, 0.05) is 25.3 Å². The smallest absolute Gasteiger partial charge is 0.238 e. The number of amides is 1. The Hall–Kier alpha value is -1.43. The number of carbonyl (C=O) groups excluding carboxylic acids is 1. The zero-order valence-corrected chi connectivity index (χ0v) is 13.0. The fourth-order valence-electron chi connectivity index (χ4n) is 2.63. The summed E-state index contributed by atoms with van der Waals surface area (Å²) in [5.74, 6) is 0.828. The molecule has 3 rings (SSSR count). The van der Waals surface area contributed by atoms with Gasteiger partial charge in [-0.1, -0.05) is 12.1 Å². The molecule has 0 aromatic heterocycles. The van der Waals surface area contributed by atoms with Gasteiger partial charge in [0.25, 0.3) is 0 Å². The minimum Gasteiger partial charge on any atom is -0.379 e. The molecule has 1 aromatic rings. The Kier molecular flexibility index (Phi) is 5.43. The molecule has 2 aliphatic rings. The van der Waals surface area contributed by atoms with E-state index in [9.17, 15) is 4.79 Å². The predicted molar refractivity (Wildman–Crippen MR) is 86.8 cm³/mol. The Morgan fingerprint density at radius 3 is 2.59 bits per heavy atom. The largest absolute Gasteiger partial charge is 0.379 e. The van der Waals surface area contributed by atoms with Crippen LogP contribution in [-0.4, -0.2) is 50.2 Å². The Labute approximate surface area is 132 Å². The molecule has 1 aliphatic carbocycles. The summed E-state index contributed by atoms with van der Waals surface area (Å²) in [5.41, 5.74) is 2.13. The highest BCUT2D eigenvalue weighted by Crippen LogP contribution is 2.27. The maximum atomic E-state index is 11.8. The lowest BCUT2D eigenvalue weighted by Crippen LogP contribution is -2.35. The summed E-state index contributed by atoms with van der Waals surface area (Å²) in [6.07, 6.45) is 2.61. The number of anilines is 1. The molecule has 120 valence electrons. The number of hydrogen-bond donors (Lipinski definition) is 2. The van der Waals surface area contributed by atoms with Crippen molar-refractivity contribution >= 4 is 11.6 Å². The van der Waals surface area contributed by atoms with E-state index in [4.69, 9.17) is 4.74 Å². The first kappa shape index (κ1) is 15.5. The van der Waals surface area contributed by atoms with E-state index in [1.165, 1.54) is 18.4 Å². The molecular weight excluding hydrogens is 278 g/mol. The van der Waals surface area contributed by atoms with Crippen molar-refractivity contribution in [3.63, 3.8) is 0 Å².